The standard InChI is InChI=1S/C15H16ClNO2/c1-15(2)9-11(15)14(19)17-13-8-10(4-3-7-18)5-6-12(13)16/h5-6,8,11,18H,7,9H2,1-2H3,(H,17,19). The fraction of sp³-hybridized carbons (Fsp3) is 0.400. The first-order valence-corrected chi connectivity index (χ1v) is 6.52. The molecule has 0 bridgehead atoms. The molecule has 1 aliphatic rings. The second-order valence-electron chi connectivity index (χ2n) is 5.39. The van der Waals surface area contributed by atoms with Gasteiger partial charge in [-0.05, 0) is 30.0 Å². The number of hydrogen-bond donors (Lipinski definition) is 2. The summed E-state index contributed by atoms with van der Waals surface area (Å²) in [7, 11) is 0. The Labute approximate surface area is 118 Å². The van der Waals surface area contributed by atoms with Gasteiger partial charge in [-0.2, -0.15) is 0 Å². The van der Waals surface area contributed by atoms with Crippen LogP contribution in [0.25, 0.3) is 0 Å². The van der Waals surface area contributed by atoms with Crippen LogP contribution in [0, 0.1) is 23.2 Å². The van der Waals surface area contributed by atoms with E-state index < -0.39 is 0 Å². The molecule has 0 saturated heterocycles. The van der Waals surface area contributed by atoms with E-state index in [1.165, 1.54) is 0 Å². The van der Waals surface area contributed by atoms with Crippen molar-refractivity contribution < 1.29 is 9.90 Å². The summed E-state index contributed by atoms with van der Waals surface area (Å²) < 4.78 is 0. The second-order valence-corrected chi connectivity index (χ2v) is 5.80. The normalized spacial score (nSPS) is 19.3. The van der Waals surface area contributed by atoms with Crippen LogP contribution in [-0.2, 0) is 4.79 Å². The molecule has 1 unspecified atom stereocenters. The Morgan fingerprint density at radius 1 is 1.58 bits per heavy atom. The number of benzene rings is 1. The molecule has 3 nitrogen and oxygen atoms in total. The summed E-state index contributed by atoms with van der Waals surface area (Å²) in [5.41, 5.74) is 1.37. The molecular formula is C15H16ClNO2. The van der Waals surface area contributed by atoms with E-state index >= 15 is 0 Å². The molecule has 0 aliphatic heterocycles. The summed E-state index contributed by atoms with van der Waals surface area (Å²) in [5, 5.41) is 12.0. The average molecular weight is 278 g/mol. The molecule has 0 heterocycles. The van der Waals surface area contributed by atoms with Gasteiger partial charge >= 0.3 is 0 Å². The molecule has 2 rings (SSSR count). The monoisotopic (exact) mass is 277 g/mol. The molecule has 1 fully saturated rings. The van der Waals surface area contributed by atoms with Crippen LogP contribution in [0.2, 0.25) is 5.02 Å². The number of nitrogens with one attached hydrogen (secondary N) is 1. The fourth-order valence-corrected chi connectivity index (χ4v) is 2.14. The van der Waals surface area contributed by atoms with E-state index in [0.29, 0.717) is 16.3 Å². The van der Waals surface area contributed by atoms with Crippen molar-refractivity contribution in [1.29, 1.82) is 0 Å². The third-order valence-corrected chi connectivity index (χ3v) is 3.70. The number of aliphatic hydroxyl groups excluding tert-OH is 1. The number of amides is 1. The van der Waals surface area contributed by atoms with Crippen LogP contribution < -0.4 is 5.32 Å². The van der Waals surface area contributed by atoms with Gasteiger partial charge in [0.1, 0.15) is 6.61 Å². The van der Waals surface area contributed by atoms with Gasteiger partial charge in [-0.3, -0.25) is 4.79 Å². The molecule has 1 aromatic carbocycles. The maximum absolute atomic E-state index is 12.0. The lowest BCUT2D eigenvalue weighted by Crippen LogP contribution is -2.16. The zero-order valence-electron chi connectivity index (χ0n) is 11.0. The van der Waals surface area contributed by atoms with Gasteiger partial charge < -0.3 is 10.4 Å². The van der Waals surface area contributed by atoms with Gasteiger partial charge in [0.05, 0.1) is 10.7 Å². The minimum absolute atomic E-state index is 0.000771. The number of aliphatic hydroxyl groups is 1. The van der Waals surface area contributed by atoms with Crippen LogP contribution in [0.15, 0.2) is 18.2 Å². The highest BCUT2D eigenvalue weighted by Gasteiger charge is 2.50. The fourth-order valence-electron chi connectivity index (χ4n) is 1.98. The van der Waals surface area contributed by atoms with Crippen LogP contribution in [-0.4, -0.2) is 17.6 Å². The zero-order chi connectivity index (χ0) is 14.0. The van der Waals surface area contributed by atoms with E-state index in [0.717, 1.165) is 6.42 Å². The van der Waals surface area contributed by atoms with Crippen molar-refractivity contribution in [3.05, 3.63) is 28.8 Å². The molecule has 19 heavy (non-hydrogen) atoms. The van der Waals surface area contributed by atoms with Gasteiger partial charge in [0.15, 0.2) is 0 Å². The first-order valence-electron chi connectivity index (χ1n) is 6.14. The summed E-state index contributed by atoms with van der Waals surface area (Å²) in [4.78, 5) is 12.0. The Morgan fingerprint density at radius 3 is 2.84 bits per heavy atom. The number of rotatable bonds is 2. The lowest BCUT2D eigenvalue weighted by Gasteiger charge is -2.08. The molecular weight excluding hydrogens is 262 g/mol. The molecule has 1 amide bonds. The summed E-state index contributed by atoms with van der Waals surface area (Å²) in [6.07, 6.45) is 0.903. The number of hydrogen-bond acceptors (Lipinski definition) is 2. The van der Waals surface area contributed by atoms with Crippen molar-refractivity contribution in [2.75, 3.05) is 11.9 Å². The topological polar surface area (TPSA) is 49.3 Å². The summed E-state index contributed by atoms with van der Waals surface area (Å²) in [6.45, 7) is 3.95. The predicted octanol–water partition coefficient (Wildman–Crippen LogP) is 2.67. The lowest BCUT2D eigenvalue weighted by atomic mass is 10.1. The Balaban J connectivity index is 2.13. The minimum Gasteiger partial charge on any atom is -0.384 e. The number of carbonyl (C=O) groups excluding carboxylic acids is 1. The average Bonchev–Trinajstić information content (AvgIpc) is 2.99. The van der Waals surface area contributed by atoms with Gasteiger partial charge in [0.2, 0.25) is 5.91 Å². The first-order chi connectivity index (χ1) is 8.94. The van der Waals surface area contributed by atoms with E-state index in [1.807, 2.05) is 0 Å². The SMILES string of the molecule is CC1(C)CC1C(=O)Nc1cc(C#CCO)ccc1Cl. The van der Waals surface area contributed by atoms with Crippen LogP contribution in [0.4, 0.5) is 5.69 Å². The highest BCUT2D eigenvalue weighted by atomic mass is 35.5. The summed E-state index contributed by atoms with van der Waals surface area (Å²) >= 11 is 6.06. The molecule has 1 atom stereocenters. The van der Waals surface area contributed by atoms with Crippen molar-refractivity contribution in [3.63, 3.8) is 0 Å². The minimum atomic E-state index is -0.194. The Kier molecular flexibility index (Phi) is 3.84. The predicted molar refractivity (Wildman–Crippen MR) is 75.9 cm³/mol. The van der Waals surface area contributed by atoms with E-state index in [1.54, 1.807) is 18.2 Å². The van der Waals surface area contributed by atoms with Crippen molar-refractivity contribution in [2.45, 2.75) is 20.3 Å². The molecule has 2 N–H and O–H groups in total. The van der Waals surface area contributed by atoms with E-state index in [9.17, 15) is 4.79 Å². The zero-order valence-corrected chi connectivity index (χ0v) is 11.7. The number of halogens is 1. The quantitative estimate of drug-likeness (QED) is 0.817. The van der Waals surface area contributed by atoms with Gasteiger partial charge in [0.25, 0.3) is 0 Å². The first kappa shape index (κ1) is 13.9. The Bertz CT molecular complexity index is 569. The Hall–Kier alpha value is -1.50. The molecule has 100 valence electrons. The van der Waals surface area contributed by atoms with Crippen molar-refractivity contribution in [2.24, 2.45) is 11.3 Å². The molecule has 1 aromatic rings. The smallest absolute Gasteiger partial charge is 0.228 e. The van der Waals surface area contributed by atoms with Crippen LogP contribution in [0.1, 0.15) is 25.8 Å². The van der Waals surface area contributed by atoms with Gasteiger partial charge in [-0.25, -0.2) is 0 Å². The Morgan fingerprint density at radius 2 is 2.26 bits per heavy atom. The van der Waals surface area contributed by atoms with Gasteiger partial charge in [0, 0.05) is 11.5 Å². The molecule has 0 radical (unpaired) electrons. The highest BCUT2D eigenvalue weighted by molar-refractivity contribution is 6.33. The summed E-state index contributed by atoms with van der Waals surface area (Å²) in [6, 6.07) is 5.16. The maximum atomic E-state index is 12.0. The second kappa shape index (κ2) is 5.24. The van der Waals surface area contributed by atoms with Crippen LogP contribution in [0.3, 0.4) is 0 Å². The number of carbonyl (C=O) groups is 1. The van der Waals surface area contributed by atoms with Crippen molar-refractivity contribution in [3.8, 4) is 11.8 Å². The van der Waals surface area contributed by atoms with Crippen molar-refractivity contribution in [1.82, 2.24) is 0 Å². The highest BCUT2D eigenvalue weighted by Crippen LogP contribution is 2.52. The van der Waals surface area contributed by atoms with E-state index in [2.05, 4.69) is 31.0 Å². The lowest BCUT2D eigenvalue weighted by molar-refractivity contribution is -0.118. The maximum Gasteiger partial charge on any atom is 0.228 e. The molecule has 0 aromatic heterocycles. The molecule has 0 spiro atoms. The number of anilines is 1. The third kappa shape index (κ3) is 3.28. The molecule has 1 saturated carbocycles. The molecule has 4 heteroatoms. The largest absolute Gasteiger partial charge is 0.384 e. The molecule has 1 aliphatic carbocycles. The van der Waals surface area contributed by atoms with Gasteiger partial charge in [-0.1, -0.05) is 37.3 Å². The van der Waals surface area contributed by atoms with Crippen LogP contribution in [0.5, 0.6) is 0 Å². The van der Waals surface area contributed by atoms with Gasteiger partial charge in [-0.15, -0.1) is 0 Å². The summed E-state index contributed by atoms with van der Waals surface area (Å²) in [5.74, 6) is 5.40. The third-order valence-electron chi connectivity index (χ3n) is 3.37. The van der Waals surface area contributed by atoms with E-state index in [-0.39, 0.29) is 23.8 Å². The van der Waals surface area contributed by atoms with Crippen molar-refractivity contribution >= 4 is 23.2 Å². The van der Waals surface area contributed by atoms with E-state index in [4.69, 9.17) is 16.7 Å². The van der Waals surface area contributed by atoms with Crippen LogP contribution >= 0.6 is 11.6 Å².